The fourth-order valence-electron chi connectivity index (χ4n) is 1.32. The lowest BCUT2D eigenvalue weighted by Crippen LogP contribution is -1.98. The molecule has 0 bridgehead atoms. The van der Waals surface area contributed by atoms with Crippen LogP contribution in [-0.4, -0.2) is 16.1 Å². The fourth-order valence-corrected chi connectivity index (χ4v) is 1.32. The number of aromatic carboxylic acids is 1. The van der Waals surface area contributed by atoms with Gasteiger partial charge in [0.25, 0.3) is 0 Å². The number of aromatic nitrogens is 1. The number of carboxylic acid groups (broad SMARTS) is 1. The van der Waals surface area contributed by atoms with E-state index < -0.39 is 5.97 Å². The van der Waals surface area contributed by atoms with Gasteiger partial charge in [0, 0.05) is 12.3 Å². The van der Waals surface area contributed by atoms with E-state index in [1.807, 2.05) is 6.92 Å². The summed E-state index contributed by atoms with van der Waals surface area (Å²) in [5, 5.41) is 8.82. The minimum Gasteiger partial charge on any atom is -0.475 e. The van der Waals surface area contributed by atoms with Crippen molar-refractivity contribution in [3.05, 3.63) is 17.3 Å². The molecule has 70 valence electrons. The largest absolute Gasteiger partial charge is 0.475 e. The van der Waals surface area contributed by atoms with Gasteiger partial charge in [0.2, 0.25) is 5.76 Å². The van der Waals surface area contributed by atoms with Gasteiger partial charge >= 0.3 is 5.97 Å². The highest BCUT2D eigenvalue weighted by Crippen LogP contribution is 2.41. The lowest BCUT2D eigenvalue weighted by Gasteiger charge is -1.89. The monoisotopic (exact) mass is 181 g/mol. The molecular weight excluding hydrogens is 170 g/mol. The smallest absolute Gasteiger partial charge is 0.373 e. The summed E-state index contributed by atoms with van der Waals surface area (Å²) in [7, 11) is 0. The van der Waals surface area contributed by atoms with Gasteiger partial charge in [-0.2, -0.15) is 0 Å². The van der Waals surface area contributed by atoms with Crippen LogP contribution in [0.25, 0.3) is 0 Å². The zero-order valence-electron chi connectivity index (χ0n) is 7.41. The molecule has 0 amide bonds. The number of carbonyl (C=O) groups is 1. The topological polar surface area (TPSA) is 63.3 Å². The Balaban J connectivity index is 2.39. The molecule has 0 saturated heterocycles. The van der Waals surface area contributed by atoms with Crippen LogP contribution < -0.4 is 0 Å². The summed E-state index contributed by atoms with van der Waals surface area (Å²) in [5.41, 5.74) is 0.643. The number of hydrogen-bond acceptors (Lipinski definition) is 3. The molecule has 4 heteroatoms. The van der Waals surface area contributed by atoms with Crippen molar-refractivity contribution in [1.29, 1.82) is 0 Å². The minimum atomic E-state index is -1.01. The van der Waals surface area contributed by atoms with E-state index in [-0.39, 0.29) is 5.76 Å². The molecule has 0 radical (unpaired) electrons. The van der Waals surface area contributed by atoms with Crippen molar-refractivity contribution >= 4 is 5.97 Å². The highest BCUT2D eigenvalue weighted by atomic mass is 16.4. The molecule has 1 saturated carbocycles. The molecule has 1 aliphatic carbocycles. The lowest BCUT2D eigenvalue weighted by atomic mass is 10.2. The summed E-state index contributed by atoms with van der Waals surface area (Å²) >= 11 is 0. The maximum Gasteiger partial charge on any atom is 0.373 e. The predicted octanol–water partition coefficient (Wildman–Crippen LogP) is 1.81. The van der Waals surface area contributed by atoms with E-state index in [0.29, 0.717) is 23.9 Å². The Morgan fingerprint density at radius 2 is 2.38 bits per heavy atom. The summed E-state index contributed by atoms with van der Waals surface area (Å²) < 4.78 is 5.12. The molecule has 0 spiro atoms. The van der Waals surface area contributed by atoms with E-state index in [9.17, 15) is 4.79 Å². The van der Waals surface area contributed by atoms with E-state index in [1.165, 1.54) is 0 Å². The maximum atomic E-state index is 10.7. The van der Waals surface area contributed by atoms with E-state index in [4.69, 9.17) is 9.52 Å². The van der Waals surface area contributed by atoms with Crippen LogP contribution in [0.5, 0.6) is 0 Å². The lowest BCUT2D eigenvalue weighted by molar-refractivity contribution is 0.0659. The second-order valence-electron chi connectivity index (χ2n) is 3.25. The van der Waals surface area contributed by atoms with Gasteiger partial charge in [-0.25, -0.2) is 9.78 Å². The zero-order chi connectivity index (χ0) is 9.42. The van der Waals surface area contributed by atoms with Gasteiger partial charge in [-0.05, 0) is 12.8 Å². The molecule has 1 aromatic heterocycles. The third kappa shape index (κ3) is 1.43. The first kappa shape index (κ1) is 8.29. The predicted molar refractivity (Wildman–Crippen MR) is 44.8 cm³/mol. The molecule has 13 heavy (non-hydrogen) atoms. The molecule has 1 N–H and O–H groups in total. The highest BCUT2D eigenvalue weighted by Gasteiger charge is 2.33. The first-order valence-electron chi connectivity index (χ1n) is 4.45. The Kier molecular flexibility index (Phi) is 1.83. The third-order valence-electron chi connectivity index (χ3n) is 2.16. The Morgan fingerprint density at radius 1 is 1.69 bits per heavy atom. The van der Waals surface area contributed by atoms with Gasteiger partial charge in [0.1, 0.15) is 0 Å². The van der Waals surface area contributed by atoms with Crippen LogP contribution in [-0.2, 0) is 6.42 Å². The van der Waals surface area contributed by atoms with Crippen LogP contribution >= 0.6 is 0 Å². The zero-order valence-corrected chi connectivity index (χ0v) is 7.41. The van der Waals surface area contributed by atoms with Crippen molar-refractivity contribution in [2.24, 2.45) is 0 Å². The van der Waals surface area contributed by atoms with E-state index in [2.05, 4.69) is 4.98 Å². The van der Waals surface area contributed by atoms with Gasteiger partial charge in [-0.3, -0.25) is 0 Å². The normalized spacial score (nSPS) is 16.1. The van der Waals surface area contributed by atoms with Gasteiger partial charge in [0.15, 0.2) is 5.89 Å². The molecule has 0 unspecified atom stereocenters. The van der Waals surface area contributed by atoms with Crippen molar-refractivity contribution in [1.82, 2.24) is 4.98 Å². The van der Waals surface area contributed by atoms with E-state index >= 15 is 0 Å². The van der Waals surface area contributed by atoms with Crippen molar-refractivity contribution in [2.45, 2.75) is 32.1 Å². The molecule has 4 nitrogen and oxygen atoms in total. The Bertz CT molecular complexity index is 339. The standard InChI is InChI=1S/C9H11NO3/c1-2-6-10-7(5-3-4-5)8(13-6)9(11)12/h5H,2-4H2,1H3,(H,11,12). The Labute approximate surface area is 75.6 Å². The van der Waals surface area contributed by atoms with Gasteiger partial charge < -0.3 is 9.52 Å². The molecule has 2 rings (SSSR count). The number of rotatable bonds is 3. The first-order valence-corrected chi connectivity index (χ1v) is 4.45. The average molecular weight is 181 g/mol. The van der Waals surface area contributed by atoms with Crippen LogP contribution in [0.1, 0.15) is 47.8 Å². The highest BCUT2D eigenvalue weighted by molar-refractivity contribution is 5.85. The number of nitrogens with zero attached hydrogens (tertiary/aromatic N) is 1. The Morgan fingerprint density at radius 3 is 2.85 bits per heavy atom. The van der Waals surface area contributed by atoms with Crippen LogP contribution in [0.4, 0.5) is 0 Å². The molecule has 1 fully saturated rings. The molecular formula is C9H11NO3. The summed E-state index contributed by atoms with van der Waals surface area (Å²) in [5.74, 6) is -0.108. The molecule has 1 heterocycles. The second-order valence-corrected chi connectivity index (χ2v) is 3.25. The second kappa shape index (κ2) is 2.87. The minimum absolute atomic E-state index is 0.0411. The number of carboxylic acids is 1. The maximum absolute atomic E-state index is 10.7. The third-order valence-corrected chi connectivity index (χ3v) is 2.16. The van der Waals surface area contributed by atoms with Crippen LogP contribution in [0.15, 0.2) is 4.42 Å². The van der Waals surface area contributed by atoms with Crippen molar-refractivity contribution in [2.75, 3.05) is 0 Å². The summed E-state index contributed by atoms with van der Waals surface area (Å²) in [6.07, 6.45) is 2.72. The van der Waals surface area contributed by atoms with Crippen LogP contribution in [0.2, 0.25) is 0 Å². The molecule has 0 atom stereocenters. The van der Waals surface area contributed by atoms with Gasteiger partial charge in [-0.1, -0.05) is 6.92 Å². The van der Waals surface area contributed by atoms with Gasteiger partial charge in [-0.15, -0.1) is 0 Å². The van der Waals surface area contributed by atoms with Gasteiger partial charge in [0.05, 0.1) is 5.69 Å². The summed E-state index contributed by atoms with van der Waals surface area (Å²) in [6, 6.07) is 0. The van der Waals surface area contributed by atoms with Crippen molar-refractivity contribution in [3.8, 4) is 0 Å². The average Bonchev–Trinajstić information content (AvgIpc) is 2.84. The molecule has 1 aromatic rings. The SMILES string of the molecule is CCc1nc(C2CC2)c(C(=O)O)o1. The summed E-state index contributed by atoms with van der Waals surface area (Å²) in [6.45, 7) is 1.90. The number of hydrogen-bond donors (Lipinski definition) is 1. The first-order chi connectivity index (χ1) is 6.22. The number of oxazole rings is 1. The van der Waals surface area contributed by atoms with Crippen molar-refractivity contribution < 1.29 is 14.3 Å². The molecule has 0 aromatic carbocycles. The van der Waals surface area contributed by atoms with E-state index in [1.54, 1.807) is 0 Å². The number of aryl methyl sites for hydroxylation is 1. The fraction of sp³-hybridized carbons (Fsp3) is 0.556. The molecule has 1 aliphatic rings. The molecule has 0 aliphatic heterocycles. The van der Waals surface area contributed by atoms with Crippen LogP contribution in [0, 0.1) is 0 Å². The quantitative estimate of drug-likeness (QED) is 0.772. The Hall–Kier alpha value is -1.32. The summed E-state index contributed by atoms with van der Waals surface area (Å²) in [4.78, 5) is 14.9. The van der Waals surface area contributed by atoms with Crippen molar-refractivity contribution in [3.63, 3.8) is 0 Å². The van der Waals surface area contributed by atoms with E-state index in [0.717, 1.165) is 12.8 Å². The van der Waals surface area contributed by atoms with Crippen LogP contribution in [0.3, 0.4) is 0 Å².